The quantitative estimate of drug-likeness (QED) is 0.570. The van der Waals surface area contributed by atoms with Gasteiger partial charge in [-0.2, -0.15) is 0 Å². The van der Waals surface area contributed by atoms with Crippen LogP contribution in [0.1, 0.15) is 18.9 Å². The van der Waals surface area contributed by atoms with Crippen molar-refractivity contribution < 1.29 is 19.2 Å². The predicted octanol–water partition coefficient (Wildman–Crippen LogP) is 0.159. The summed E-state index contributed by atoms with van der Waals surface area (Å²) in [6, 6.07) is 9.06. The van der Waals surface area contributed by atoms with E-state index in [4.69, 9.17) is 0 Å². The van der Waals surface area contributed by atoms with E-state index < -0.39 is 11.4 Å². The Kier molecular flexibility index (Phi) is 4.25. The molecule has 0 saturated carbocycles. The maximum absolute atomic E-state index is 11.9. The third kappa shape index (κ3) is 2.98. The number of nitrogens with zero attached hydrogens (tertiary/aromatic N) is 1. The van der Waals surface area contributed by atoms with Crippen molar-refractivity contribution in [2.45, 2.75) is 18.8 Å². The van der Waals surface area contributed by atoms with Crippen LogP contribution < -0.4 is 10.6 Å². The number of carbonyl (C=O) groups is 4. The molecule has 2 aliphatic rings. The first-order valence-corrected chi connectivity index (χ1v) is 6.79. The van der Waals surface area contributed by atoms with Gasteiger partial charge >= 0.3 is 6.03 Å². The van der Waals surface area contributed by atoms with Gasteiger partial charge in [-0.15, -0.1) is 0 Å². The SMILES string of the molecule is CN1C(=O)CC(C)(c2ccccc2)C1=O.O=C1CNC(=O)N1. The van der Waals surface area contributed by atoms with Crippen LogP contribution in [0, 0.1) is 0 Å². The number of hydrogen-bond acceptors (Lipinski definition) is 4. The molecule has 22 heavy (non-hydrogen) atoms. The van der Waals surface area contributed by atoms with E-state index in [9.17, 15) is 19.2 Å². The van der Waals surface area contributed by atoms with E-state index in [0.29, 0.717) is 0 Å². The Balaban J connectivity index is 0.000000211. The molecule has 0 bridgehead atoms. The molecule has 1 aromatic carbocycles. The molecule has 5 amide bonds. The second kappa shape index (κ2) is 5.97. The first-order valence-electron chi connectivity index (χ1n) is 6.79. The molecule has 1 atom stereocenters. The van der Waals surface area contributed by atoms with Gasteiger partial charge in [0.05, 0.1) is 12.0 Å². The number of likely N-dealkylation sites (N-methyl/N-ethyl adjacent to an activating group) is 1. The third-order valence-electron chi connectivity index (χ3n) is 3.73. The number of rotatable bonds is 1. The van der Waals surface area contributed by atoms with Crippen LogP contribution >= 0.6 is 0 Å². The van der Waals surface area contributed by atoms with Gasteiger partial charge in [-0.1, -0.05) is 30.3 Å². The minimum atomic E-state index is -0.674. The molecule has 1 aromatic rings. The van der Waals surface area contributed by atoms with E-state index in [2.05, 4.69) is 5.32 Å². The summed E-state index contributed by atoms with van der Waals surface area (Å²) in [5.74, 6) is -0.477. The standard InChI is InChI=1S/C12H13NO2.C3H4N2O2/c1-12(9-6-4-3-5-7-9)8-10(14)13(2)11(12)15;6-2-1-4-3(7)5-2/h3-7H,8H2,1-2H3;1H2,(H2,4,5,6,7). The van der Waals surface area contributed by atoms with E-state index in [1.54, 1.807) is 7.05 Å². The van der Waals surface area contributed by atoms with E-state index in [-0.39, 0.29) is 30.7 Å². The lowest BCUT2D eigenvalue weighted by molar-refractivity contribution is -0.138. The van der Waals surface area contributed by atoms with Crippen molar-refractivity contribution in [2.75, 3.05) is 13.6 Å². The molecule has 116 valence electrons. The molecule has 0 aliphatic carbocycles. The molecule has 2 aliphatic heterocycles. The molecule has 2 N–H and O–H groups in total. The normalized spacial score (nSPS) is 23.8. The number of hydrogen-bond donors (Lipinski definition) is 2. The van der Waals surface area contributed by atoms with Gasteiger partial charge in [-0.25, -0.2) is 4.79 Å². The van der Waals surface area contributed by atoms with Gasteiger partial charge in [0.1, 0.15) is 0 Å². The lowest BCUT2D eigenvalue weighted by Crippen LogP contribution is -2.33. The van der Waals surface area contributed by atoms with Crippen molar-refractivity contribution in [1.82, 2.24) is 15.5 Å². The molecule has 2 fully saturated rings. The zero-order valence-corrected chi connectivity index (χ0v) is 12.4. The van der Waals surface area contributed by atoms with Gasteiger partial charge in [-0.3, -0.25) is 24.6 Å². The summed E-state index contributed by atoms with van der Waals surface area (Å²) in [6.07, 6.45) is 0.270. The van der Waals surface area contributed by atoms with Crippen LogP contribution in [0.4, 0.5) is 4.79 Å². The highest BCUT2D eigenvalue weighted by Crippen LogP contribution is 2.35. The van der Waals surface area contributed by atoms with Gasteiger partial charge in [0, 0.05) is 13.5 Å². The van der Waals surface area contributed by atoms with Crippen LogP contribution in [-0.2, 0) is 19.8 Å². The number of carbonyl (C=O) groups excluding carboxylic acids is 4. The Bertz CT molecular complexity index is 615. The summed E-state index contributed by atoms with van der Waals surface area (Å²) in [5.41, 5.74) is 0.236. The summed E-state index contributed by atoms with van der Waals surface area (Å²) in [7, 11) is 1.54. The van der Waals surface area contributed by atoms with Crippen LogP contribution in [0.25, 0.3) is 0 Å². The Morgan fingerprint density at radius 2 is 1.73 bits per heavy atom. The molecule has 3 rings (SSSR count). The fourth-order valence-electron chi connectivity index (χ4n) is 2.39. The van der Waals surface area contributed by atoms with Gasteiger partial charge in [-0.05, 0) is 12.5 Å². The zero-order valence-electron chi connectivity index (χ0n) is 12.4. The fraction of sp³-hybridized carbons (Fsp3) is 0.333. The van der Waals surface area contributed by atoms with E-state index in [1.165, 1.54) is 4.90 Å². The Labute approximate surface area is 127 Å². The van der Waals surface area contributed by atoms with Gasteiger partial charge in [0.15, 0.2) is 0 Å². The highest BCUT2D eigenvalue weighted by Gasteiger charge is 2.47. The second-order valence-electron chi connectivity index (χ2n) is 5.36. The van der Waals surface area contributed by atoms with E-state index >= 15 is 0 Å². The molecule has 7 heteroatoms. The number of imide groups is 2. The number of nitrogens with one attached hydrogen (secondary N) is 2. The largest absolute Gasteiger partial charge is 0.329 e. The molecule has 7 nitrogen and oxygen atoms in total. The second-order valence-corrected chi connectivity index (χ2v) is 5.36. The van der Waals surface area contributed by atoms with Crippen LogP contribution in [0.2, 0.25) is 0 Å². The minimum absolute atomic E-state index is 0.105. The average molecular weight is 303 g/mol. The lowest BCUT2D eigenvalue weighted by atomic mass is 9.81. The smallest absolute Gasteiger partial charge is 0.321 e. The predicted molar refractivity (Wildman–Crippen MR) is 77.7 cm³/mol. The number of urea groups is 1. The van der Waals surface area contributed by atoms with Crippen LogP contribution in [-0.4, -0.2) is 42.2 Å². The summed E-state index contributed by atoms with van der Waals surface area (Å²) >= 11 is 0. The van der Waals surface area contributed by atoms with Crippen LogP contribution in [0.15, 0.2) is 30.3 Å². The average Bonchev–Trinajstić information content (AvgIpc) is 2.98. The van der Waals surface area contributed by atoms with Crippen LogP contribution in [0.3, 0.4) is 0 Å². The maximum atomic E-state index is 11.9. The summed E-state index contributed by atoms with van der Waals surface area (Å²) < 4.78 is 0. The first-order chi connectivity index (χ1) is 10.3. The molecule has 0 spiro atoms. The molecular weight excluding hydrogens is 286 g/mol. The van der Waals surface area contributed by atoms with Crippen molar-refractivity contribution in [1.29, 1.82) is 0 Å². The number of benzene rings is 1. The van der Waals surface area contributed by atoms with Gasteiger partial charge < -0.3 is 5.32 Å². The fourth-order valence-corrected chi connectivity index (χ4v) is 2.39. The lowest BCUT2D eigenvalue weighted by Gasteiger charge is -2.21. The monoisotopic (exact) mass is 303 g/mol. The molecule has 2 heterocycles. The number of amides is 5. The third-order valence-corrected chi connectivity index (χ3v) is 3.73. The number of likely N-dealkylation sites (tertiary alicyclic amines) is 1. The Hall–Kier alpha value is -2.70. The first kappa shape index (κ1) is 15.7. The van der Waals surface area contributed by atoms with Crippen molar-refractivity contribution >= 4 is 23.8 Å². The highest BCUT2D eigenvalue weighted by atomic mass is 16.2. The van der Waals surface area contributed by atoms with Crippen molar-refractivity contribution in [2.24, 2.45) is 0 Å². The summed E-state index contributed by atoms with van der Waals surface area (Å²) in [5, 5.41) is 4.30. The van der Waals surface area contributed by atoms with E-state index in [0.717, 1.165) is 5.56 Å². The van der Waals surface area contributed by atoms with Gasteiger partial charge in [0.25, 0.3) is 0 Å². The van der Waals surface area contributed by atoms with Crippen molar-refractivity contribution in [3.8, 4) is 0 Å². The van der Waals surface area contributed by atoms with Crippen LogP contribution in [0.5, 0.6) is 0 Å². The summed E-state index contributed by atoms with van der Waals surface area (Å²) in [6.45, 7) is 1.95. The molecule has 1 unspecified atom stereocenters. The highest BCUT2D eigenvalue weighted by molar-refractivity contribution is 6.08. The van der Waals surface area contributed by atoms with Gasteiger partial charge in [0.2, 0.25) is 17.7 Å². The zero-order chi connectivity index (χ0) is 16.3. The maximum Gasteiger partial charge on any atom is 0.321 e. The van der Waals surface area contributed by atoms with Crippen molar-refractivity contribution in [3.63, 3.8) is 0 Å². The molecule has 0 radical (unpaired) electrons. The Morgan fingerprint density at radius 3 is 2.09 bits per heavy atom. The summed E-state index contributed by atoms with van der Waals surface area (Å²) in [4.78, 5) is 44.7. The topological polar surface area (TPSA) is 95.6 Å². The van der Waals surface area contributed by atoms with E-state index in [1.807, 2.05) is 42.6 Å². The van der Waals surface area contributed by atoms with Crippen molar-refractivity contribution in [3.05, 3.63) is 35.9 Å². The molecular formula is C15H17N3O4. The molecule has 2 saturated heterocycles. The Morgan fingerprint density at radius 1 is 1.09 bits per heavy atom. The molecule has 0 aromatic heterocycles. The minimum Gasteiger partial charge on any atom is -0.329 e.